The van der Waals surface area contributed by atoms with Crippen LogP contribution in [0.25, 0.3) is 11.1 Å². The van der Waals surface area contributed by atoms with Crippen molar-refractivity contribution in [2.45, 2.75) is 91.3 Å². The Morgan fingerprint density at radius 2 is 1.17 bits per heavy atom. The molecule has 2 nitrogen and oxygen atoms in total. The highest BCUT2D eigenvalue weighted by Gasteiger charge is 2.51. The molecule has 0 unspecified atom stereocenters. The zero-order valence-electron chi connectivity index (χ0n) is 26.4. The predicted octanol–water partition coefficient (Wildman–Crippen LogP) is 6.25. The van der Waals surface area contributed by atoms with Gasteiger partial charge in [-0.1, -0.05) is 83.8 Å². The molecule has 1 aliphatic rings. The van der Waals surface area contributed by atoms with E-state index in [1.807, 2.05) is 69.2 Å². The minimum Gasteiger partial charge on any atom is -0.399 e. The van der Waals surface area contributed by atoms with Crippen LogP contribution in [0.5, 0.6) is 0 Å². The van der Waals surface area contributed by atoms with Crippen LogP contribution in [0.1, 0.15) is 90.0 Å². The first-order chi connectivity index (χ1) is 16.1. The molecule has 0 aliphatic carbocycles. The lowest BCUT2D eigenvalue weighted by Gasteiger charge is -2.32. The molecule has 3 rings (SSSR count). The Kier molecular flexibility index (Phi) is 3.48. The van der Waals surface area contributed by atoms with E-state index in [4.69, 9.17) is 18.9 Å². The number of rotatable bonds is 2. The molecule has 1 heterocycles. The van der Waals surface area contributed by atoms with Crippen LogP contribution < -0.4 is 5.46 Å². The van der Waals surface area contributed by atoms with Crippen LogP contribution in [0.15, 0.2) is 42.3 Å². The van der Waals surface area contributed by atoms with E-state index in [1.165, 1.54) is 0 Å². The molecular formula is C26H37BO2. The van der Waals surface area contributed by atoms with Gasteiger partial charge in [0, 0.05) is 0 Å². The average molecular weight is 399 g/mol. The van der Waals surface area contributed by atoms with Crippen molar-refractivity contribution in [3.63, 3.8) is 0 Å². The maximum Gasteiger partial charge on any atom is 0.494 e. The number of hydrogen-bond acceptors (Lipinski definition) is 2. The molecule has 29 heavy (non-hydrogen) atoms. The van der Waals surface area contributed by atoms with Crippen LogP contribution in [0.3, 0.4) is 0 Å². The molecule has 0 spiro atoms. The van der Waals surface area contributed by atoms with Crippen molar-refractivity contribution in [3.8, 4) is 11.1 Å². The molecule has 156 valence electrons. The summed E-state index contributed by atoms with van der Waals surface area (Å²) in [4.78, 5) is 0. The SMILES string of the molecule is [2H]c1c([2H])c(C(C)(C)C)c([2H])c([2H])c1-c1c([2H])c(B2OC(C)(C)C(C)(C)O2)c([2H])c(C(C)(C)C)c1[2H]. The lowest BCUT2D eigenvalue weighted by molar-refractivity contribution is 0.00578. The highest BCUT2D eigenvalue weighted by Crippen LogP contribution is 2.37. The average Bonchev–Trinajstić information content (AvgIpc) is 2.87. The maximum absolute atomic E-state index is 9.11. The van der Waals surface area contributed by atoms with E-state index in [2.05, 4.69) is 0 Å². The van der Waals surface area contributed by atoms with Gasteiger partial charge < -0.3 is 9.31 Å². The summed E-state index contributed by atoms with van der Waals surface area (Å²) in [6, 6.07) is -1.44. The predicted molar refractivity (Wildman–Crippen MR) is 125 cm³/mol. The topological polar surface area (TPSA) is 18.5 Å². The number of hydrogen-bond donors (Lipinski definition) is 0. The van der Waals surface area contributed by atoms with E-state index in [0.29, 0.717) is 5.56 Å². The Labute approximate surface area is 188 Å². The van der Waals surface area contributed by atoms with Gasteiger partial charge >= 0.3 is 7.12 Å². The monoisotopic (exact) mass is 399 g/mol. The first kappa shape index (κ1) is 14.4. The first-order valence-corrected chi connectivity index (χ1v) is 10.2. The maximum atomic E-state index is 9.11. The highest BCUT2D eigenvalue weighted by atomic mass is 16.7. The van der Waals surface area contributed by atoms with Gasteiger partial charge in [0.2, 0.25) is 0 Å². The van der Waals surface area contributed by atoms with Gasteiger partial charge in [-0.25, -0.2) is 0 Å². The third kappa shape index (κ3) is 4.46. The van der Waals surface area contributed by atoms with Crippen LogP contribution in [0.2, 0.25) is 0 Å². The van der Waals surface area contributed by atoms with Crippen LogP contribution >= 0.6 is 0 Å². The normalized spacial score (nSPS) is 22.3. The fourth-order valence-corrected chi connectivity index (χ4v) is 2.88. The summed E-state index contributed by atoms with van der Waals surface area (Å²) in [6.45, 7) is 18.5. The molecule has 0 saturated carbocycles. The number of benzene rings is 2. The molecule has 1 aliphatic heterocycles. The van der Waals surface area contributed by atoms with Gasteiger partial charge in [-0.3, -0.25) is 0 Å². The van der Waals surface area contributed by atoms with Crippen LogP contribution in [0, 0.1) is 0 Å². The molecule has 2 aromatic rings. The summed E-state index contributed by atoms with van der Waals surface area (Å²) in [7, 11) is -1.06. The van der Waals surface area contributed by atoms with Crippen LogP contribution in [0.4, 0.5) is 0 Å². The molecule has 0 atom stereocenters. The van der Waals surface area contributed by atoms with E-state index in [0.717, 1.165) is 0 Å². The van der Waals surface area contributed by atoms with Gasteiger partial charge in [-0.15, -0.1) is 0 Å². The second kappa shape index (κ2) is 6.99. The van der Waals surface area contributed by atoms with Gasteiger partial charge in [-0.05, 0) is 66.2 Å². The molecule has 1 fully saturated rings. The molecule has 0 aromatic heterocycles. The molecule has 3 heteroatoms. The largest absolute Gasteiger partial charge is 0.494 e. The minimum absolute atomic E-state index is 0.0404. The summed E-state index contributed by atoms with van der Waals surface area (Å²) < 4.78 is 74.5. The van der Waals surface area contributed by atoms with Crippen molar-refractivity contribution in [3.05, 3.63) is 53.4 Å². The minimum atomic E-state index is -1.06. The molecule has 2 aromatic carbocycles. The fourth-order valence-electron chi connectivity index (χ4n) is 2.88. The van der Waals surface area contributed by atoms with Gasteiger partial charge in [0.1, 0.15) is 0 Å². The quantitative estimate of drug-likeness (QED) is 0.556. The van der Waals surface area contributed by atoms with E-state index >= 15 is 0 Å². The molecular weight excluding hydrogens is 355 g/mol. The summed E-state index contributed by atoms with van der Waals surface area (Å²) in [5, 5.41) is 0. The lowest BCUT2D eigenvalue weighted by atomic mass is 9.73. The lowest BCUT2D eigenvalue weighted by Crippen LogP contribution is -2.41. The van der Waals surface area contributed by atoms with Crippen molar-refractivity contribution in [1.29, 1.82) is 0 Å². The zero-order valence-corrected chi connectivity index (χ0v) is 19.4. The van der Waals surface area contributed by atoms with Crippen molar-refractivity contribution in [2.75, 3.05) is 0 Å². The summed E-state index contributed by atoms with van der Waals surface area (Å²) in [6.07, 6.45) is 0. The zero-order chi connectivity index (χ0) is 27.9. The molecule has 0 radical (unpaired) electrons. The van der Waals surface area contributed by atoms with Crippen LogP contribution in [-0.2, 0) is 20.1 Å². The Bertz CT molecular complexity index is 1200. The van der Waals surface area contributed by atoms with Crippen molar-refractivity contribution >= 4 is 12.6 Å². The van der Waals surface area contributed by atoms with Crippen LogP contribution in [-0.4, -0.2) is 18.3 Å². The van der Waals surface area contributed by atoms with E-state index in [-0.39, 0.29) is 64.5 Å². The third-order valence-electron chi connectivity index (χ3n) is 5.63. The second-order valence-electron chi connectivity index (χ2n) is 10.9. The smallest absolute Gasteiger partial charge is 0.399 e. The fraction of sp³-hybridized carbons (Fsp3) is 0.538. The molecule has 0 amide bonds. The standard InChI is InChI=1S/C26H37BO2/c1-23(2,3)20-13-11-18(12-14-20)19-15-21(24(4,5)6)17-22(16-19)27-28-25(7,8)26(9,10)29-27/h11-17H,1-10H3/i11D,12D,13D,14D,15D,16D,17D. The summed E-state index contributed by atoms with van der Waals surface area (Å²) in [5.74, 6) is 0. The molecule has 0 bridgehead atoms. The Balaban J connectivity index is 2.50. The Morgan fingerprint density at radius 1 is 0.690 bits per heavy atom. The van der Waals surface area contributed by atoms with Crippen molar-refractivity contribution < 1.29 is 18.9 Å². The van der Waals surface area contributed by atoms with E-state index < -0.39 is 29.2 Å². The first-order valence-electron chi connectivity index (χ1n) is 13.7. The summed E-state index contributed by atoms with van der Waals surface area (Å²) >= 11 is 0. The van der Waals surface area contributed by atoms with Gasteiger partial charge in [0.15, 0.2) is 0 Å². The summed E-state index contributed by atoms with van der Waals surface area (Å²) in [5.41, 5.74) is -2.20. The second-order valence-corrected chi connectivity index (χ2v) is 10.9. The molecule has 0 N–H and O–H groups in total. The Hall–Kier alpha value is -1.58. The van der Waals surface area contributed by atoms with Gasteiger partial charge in [-0.2, -0.15) is 0 Å². The molecule has 1 saturated heterocycles. The van der Waals surface area contributed by atoms with E-state index in [9.17, 15) is 0 Å². The Morgan fingerprint density at radius 3 is 1.62 bits per heavy atom. The van der Waals surface area contributed by atoms with Gasteiger partial charge in [0.05, 0.1) is 20.8 Å². The highest BCUT2D eigenvalue weighted by molar-refractivity contribution is 6.62. The third-order valence-corrected chi connectivity index (χ3v) is 5.63. The van der Waals surface area contributed by atoms with Crippen molar-refractivity contribution in [1.82, 2.24) is 0 Å². The van der Waals surface area contributed by atoms with Crippen molar-refractivity contribution in [2.24, 2.45) is 0 Å². The van der Waals surface area contributed by atoms with E-state index in [1.54, 1.807) is 0 Å². The van der Waals surface area contributed by atoms with Gasteiger partial charge in [0.25, 0.3) is 0 Å².